The number of ether oxygens (including phenoxy) is 4. The van der Waals surface area contributed by atoms with Crippen LogP contribution in [0, 0.1) is 0 Å². The van der Waals surface area contributed by atoms with Crippen molar-refractivity contribution in [3.63, 3.8) is 0 Å². The molecule has 0 fully saturated rings. The first-order valence-electron chi connectivity index (χ1n) is 12.6. The van der Waals surface area contributed by atoms with Crippen molar-refractivity contribution in [3.05, 3.63) is 42.5 Å². The minimum absolute atomic E-state index is 0. The van der Waals surface area contributed by atoms with Crippen LogP contribution in [0.3, 0.4) is 0 Å². The zero-order valence-electron chi connectivity index (χ0n) is 23.1. The number of hydrogen-bond acceptors (Lipinski definition) is 8. The molecule has 0 aromatic heterocycles. The van der Waals surface area contributed by atoms with E-state index in [0.717, 1.165) is 38.2 Å². The van der Waals surface area contributed by atoms with E-state index in [0.29, 0.717) is 24.5 Å². The summed E-state index contributed by atoms with van der Waals surface area (Å²) in [6.45, 7) is 17.0. The third kappa shape index (κ3) is 37.1. The summed E-state index contributed by atoms with van der Waals surface area (Å²) < 4.78 is 20.4. The SMILES string of the molecule is C.C.C.C.C.C.C=CC(=O)OCCCCOc1ccc(C(=O)OC(C)CC)cc1.CCC(C)O.CCC(C)OC(C)=O. The van der Waals surface area contributed by atoms with Crippen molar-refractivity contribution in [2.24, 2.45) is 0 Å². The van der Waals surface area contributed by atoms with Crippen LogP contribution in [0.15, 0.2) is 36.9 Å². The van der Waals surface area contributed by atoms with Gasteiger partial charge in [-0.2, -0.15) is 0 Å². The van der Waals surface area contributed by atoms with Gasteiger partial charge in [-0.05, 0) is 77.1 Å². The van der Waals surface area contributed by atoms with E-state index in [4.69, 9.17) is 24.1 Å². The van der Waals surface area contributed by atoms with Gasteiger partial charge in [0.05, 0.1) is 37.1 Å². The van der Waals surface area contributed by atoms with E-state index in [2.05, 4.69) is 6.58 Å². The molecular formula is C34H70O8. The zero-order valence-corrected chi connectivity index (χ0v) is 23.1. The number of rotatable bonds is 13. The normalized spacial score (nSPS) is 10.5. The highest BCUT2D eigenvalue weighted by Crippen LogP contribution is 2.14. The number of carbonyl (C=O) groups is 3. The fourth-order valence-corrected chi connectivity index (χ4v) is 2.01. The van der Waals surface area contributed by atoms with Gasteiger partial charge in [-0.25, -0.2) is 9.59 Å². The lowest BCUT2D eigenvalue weighted by atomic mass is 10.2. The van der Waals surface area contributed by atoms with E-state index in [9.17, 15) is 14.4 Å². The molecule has 0 spiro atoms. The van der Waals surface area contributed by atoms with Crippen molar-refractivity contribution in [1.29, 1.82) is 0 Å². The van der Waals surface area contributed by atoms with Crippen LogP contribution in [0.1, 0.15) is 135 Å². The standard InChI is InChI=1S/C18H24O5.C6H12O2.C4H10O.6CH4/c1-4-14(3)23-18(20)15-8-10-16(11-9-15)21-12-6-7-13-22-17(19)5-2;1-4-5(2)8-6(3)7;1-3-4(2)5;;;;;;/h5,8-11,14H,2,4,6-7,12-13H2,1,3H3;5H,4H2,1-3H3;4-5H,3H2,1-2H3;6*1H4. The molecule has 1 aromatic rings. The van der Waals surface area contributed by atoms with Crippen LogP contribution in [0.5, 0.6) is 5.75 Å². The fourth-order valence-electron chi connectivity index (χ4n) is 2.01. The Hall–Kier alpha value is -2.87. The van der Waals surface area contributed by atoms with Crippen LogP contribution in [0.25, 0.3) is 0 Å². The summed E-state index contributed by atoms with van der Waals surface area (Å²) in [5, 5.41) is 8.36. The van der Waals surface area contributed by atoms with Crippen molar-refractivity contribution < 1.29 is 38.4 Å². The second-order valence-corrected chi connectivity index (χ2v) is 8.16. The smallest absolute Gasteiger partial charge is 0.338 e. The highest BCUT2D eigenvalue weighted by Gasteiger charge is 2.10. The molecule has 1 aromatic carbocycles. The summed E-state index contributed by atoms with van der Waals surface area (Å²) in [6, 6.07) is 6.85. The van der Waals surface area contributed by atoms with Gasteiger partial charge in [0, 0.05) is 13.0 Å². The quantitative estimate of drug-likeness (QED) is 0.102. The first-order chi connectivity index (χ1) is 17.0. The maximum atomic E-state index is 11.8. The van der Waals surface area contributed by atoms with Crippen molar-refractivity contribution in [2.45, 2.75) is 143 Å². The lowest BCUT2D eigenvalue weighted by molar-refractivity contribution is -0.145. The van der Waals surface area contributed by atoms with Gasteiger partial charge < -0.3 is 24.1 Å². The highest BCUT2D eigenvalue weighted by molar-refractivity contribution is 5.89. The van der Waals surface area contributed by atoms with E-state index in [1.54, 1.807) is 31.2 Å². The minimum atomic E-state index is -0.411. The average Bonchev–Trinajstić information content (AvgIpc) is 2.86. The van der Waals surface area contributed by atoms with E-state index in [-0.39, 0.29) is 74.8 Å². The van der Waals surface area contributed by atoms with Crippen molar-refractivity contribution in [3.8, 4) is 5.75 Å². The molecule has 0 aliphatic carbocycles. The largest absolute Gasteiger partial charge is 0.494 e. The van der Waals surface area contributed by atoms with E-state index < -0.39 is 5.97 Å². The Bertz CT molecular complexity index is 730. The fraction of sp³-hybridized carbons (Fsp3) is 0.676. The Morgan fingerprint density at radius 2 is 1.21 bits per heavy atom. The van der Waals surface area contributed by atoms with Crippen LogP contribution >= 0.6 is 0 Å². The predicted octanol–water partition coefficient (Wildman–Crippen LogP) is 9.47. The molecule has 8 nitrogen and oxygen atoms in total. The molecule has 0 aliphatic rings. The van der Waals surface area contributed by atoms with Crippen LogP contribution < -0.4 is 4.74 Å². The van der Waals surface area contributed by atoms with Gasteiger partial charge in [-0.1, -0.05) is 71.9 Å². The van der Waals surface area contributed by atoms with Gasteiger partial charge in [-0.3, -0.25) is 4.79 Å². The Kier molecular flexibility index (Phi) is 53.3. The Morgan fingerprint density at radius 1 is 0.786 bits per heavy atom. The van der Waals surface area contributed by atoms with Crippen LogP contribution in [-0.4, -0.2) is 54.5 Å². The minimum Gasteiger partial charge on any atom is -0.494 e. The van der Waals surface area contributed by atoms with E-state index >= 15 is 0 Å². The molecular weight excluding hydrogens is 536 g/mol. The summed E-state index contributed by atoms with van der Waals surface area (Å²) in [5.41, 5.74) is 0.508. The van der Waals surface area contributed by atoms with Crippen molar-refractivity contribution >= 4 is 17.9 Å². The molecule has 0 amide bonds. The van der Waals surface area contributed by atoms with Gasteiger partial charge in [0.2, 0.25) is 0 Å². The lowest BCUT2D eigenvalue weighted by Gasteiger charge is -2.11. The predicted molar refractivity (Wildman–Crippen MR) is 181 cm³/mol. The summed E-state index contributed by atoms with van der Waals surface area (Å²) >= 11 is 0. The number of aliphatic hydroxyl groups excluding tert-OH is 1. The van der Waals surface area contributed by atoms with Crippen molar-refractivity contribution in [1.82, 2.24) is 0 Å². The van der Waals surface area contributed by atoms with Crippen LogP contribution in [-0.2, 0) is 23.8 Å². The average molecular weight is 607 g/mol. The van der Waals surface area contributed by atoms with Gasteiger partial charge >= 0.3 is 17.9 Å². The summed E-state index contributed by atoms with van der Waals surface area (Å²) in [7, 11) is 0. The number of hydrogen-bond donors (Lipinski definition) is 1. The summed E-state index contributed by atoms with van der Waals surface area (Å²) in [5.74, 6) is -0.242. The zero-order chi connectivity index (χ0) is 27.9. The number of benzene rings is 1. The molecule has 0 bridgehead atoms. The third-order valence-electron chi connectivity index (χ3n) is 4.72. The number of unbranched alkanes of at least 4 members (excludes halogenated alkanes) is 1. The maximum Gasteiger partial charge on any atom is 0.338 e. The molecule has 0 heterocycles. The number of aliphatic hydroxyl groups is 1. The molecule has 8 heteroatoms. The van der Waals surface area contributed by atoms with Gasteiger partial charge in [-0.15, -0.1) is 0 Å². The van der Waals surface area contributed by atoms with Gasteiger partial charge in [0.1, 0.15) is 5.75 Å². The summed E-state index contributed by atoms with van der Waals surface area (Å²) in [4.78, 5) is 32.8. The molecule has 0 saturated heterocycles. The maximum absolute atomic E-state index is 11.8. The molecule has 3 atom stereocenters. The highest BCUT2D eigenvalue weighted by atomic mass is 16.5. The molecule has 1 rings (SSSR count). The van der Waals surface area contributed by atoms with Crippen LogP contribution in [0.4, 0.5) is 0 Å². The van der Waals surface area contributed by atoms with E-state index in [1.807, 2.05) is 34.6 Å². The molecule has 0 aliphatic heterocycles. The molecule has 3 unspecified atom stereocenters. The first kappa shape index (κ1) is 58.7. The number of esters is 3. The molecule has 0 radical (unpaired) electrons. The number of carbonyl (C=O) groups excluding carboxylic acids is 3. The Balaban J connectivity index is -0.0000000864. The Labute approximate surface area is 261 Å². The summed E-state index contributed by atoms with van der Waals surface area (Å²) in [6.07, 6.45) is 5.04. The molecule has 254 valence electrons. The third-order valence-corrected chi connectivity index (χ3v) is 4.72. The van der Waals surface area contributed by atoms with Crippen LogP contribution in [0.2, 0.25) is 0 Å². The van der Waals surface area contributed by atoms with Gasteiger partial charge in [0.15, 0.2) is 0 Å². The second-order valence-electron chi connectivity index (χ2n) is 8.16. The first-order valence-corrected chi connectivity index (χ1v) is 12.6. The monoisotopic (exact) mass is 607 g/mol. The lowest BCUT2D eigenvalue weighted by Crippen LogP contribution is -2.13. The molecule has 0 saturated carbocycles. The topological polar surface area (TPSA) is 108 Å². The van der Waals surface area contributed by atoms with Crippen molar-refractivity contribution in [2.75, 3.05) is 13.2 Å². The Morgan fingerprint density at radius 3 is 1.57 bits per heavy atom. The van der Waals surface area contributed by atoms with Gasteiger partial charge in [0.25, 0.3) is 0 Å². The van der Waals surface area contributed by atoms with E-state index in [1.165, 1.54) is 6.92 Å². The molecule has 42 heavy (non-hydrogen) atoms. The molecule has 1 N–H and O–H groups in total. The second kappa shape index (κ2) is 38.1.